The molecule has 0 saturated heterocycles. The van der Waals surface area contributed by atoms with E-state index in [1.165, 1.54) is 81.0 Å². The molecule has 72 heavy (non-hydrogen) atoms. The van der Waals surface area contributed by atoms with Gasteiger partial charge in [0.15, 0.2) is 0 Å². The van der Waals surface area contributed by atoms with E-state index in [2.05, 4.69) is 44.3 Å². The van der Waals surface area contributed by atoms with E-state index in [4.69, 9.17) is 29.5 Å². The van der Waals surface area contributed by atoms with Gasteiger partial charge >= 0.3 is 29.8 Å². The van der Waals surface area contributed by atoms with Crippen LogP contribution in [-0.2, 0) is 28.5 Å². The van der Waals surface area contributed by atoms with Gasteiger partial charge in [-0.2, -0.15) is 5.10 Å². The van der Waals surface area contributed by atoms with Crippen molar-refractivity contribution >= 4 is 36.1 Å². The molecule has 0 amide bonds. The maximum atomic E-state index is 12.9. The quantitative estimate of drug-likeness (QED) is 0.00934. The van der Waals surface area contributed by atoms with Crippen LogP contribution in [0.25, 0.3) is 0 Å². The van der Waals surface area contributed by atoms with E-state index in [0.29, 0.717) is 48.3 Å². The highest BCUT2D eigenvalue weighted by atomic mass is 16.6. The number of hydrazone groups is 1. The van der Waals surface area contributed by atoms with Gasteiger partial charge in [-0.3, -0.25) is 0 Å². The number of rotatable bonds is 26. The lowest BCUT2D eigenvalue weighted by Gasteiger charge is -2.36. The number of carbonyl (C=O) groups is 5. The maximum Gasteiger partial charge on any atom is 0.344 e. The van der Waals surface area contributed by atoms with E-state index in [1.54, 1.807) is 18.2 Å². The second-order valence-electron chi connectivity index (χ2n) is 17.9. The number of aryl methyl sites for hydroxylation is 1. The summed E-state index contributed by atoms with van der Waals surface area (Å²) < 4.78 is 26.1. The molecule has 3 aromatic rings. The maximum absolute atomic E-state index is 12.9. The van der Waals surface area contributed by atoms with E-state index in [0.717, 1.165) is 69.3 Å². The molecule has 0 bridgehead atoms. The Kier molecular flexibility index (Phi) is 32.2. The summed E-state index contributed by atoms with van der Waals surface area (Å²) in [6, 6.07) is 19.8. The van der Waals surface area contributed by atoms with Crippen molar-refractivity contribution in [3.05, 3.63) is 138 Å². The molecule has 12 nitrogen and oxygen atoms in total. The van der Waals surface area contributed by atoms with Gasteiger partial charge in [0.25, 0.3) is 0 Å². The predicted octanol–water partition coefficient (Wildman–Crippen LogP) is 13.9. The summed E-state index contributed by atoms with van der Waals surface area (Å²) >= 11 is 0. The topological polar surface area (TPSA) is 170 Å². The second kappa shape index (κ2) is 37.5. The Morgan fingerprint density at radius 1 is 0.639 bits per heavy atom. The molecular formula is C60H84N2O10. The number of unbranched alkanes of at least 4 members (excludes halogenated alkanes) is 7. The molecule has 2 atom stereocenters. The molecule has 2 unspecified atom stereocenters. The third-order valence-corrected chi connectivity index (χ3v) is 12.1. The van der Waals surface area contributed by atoms with Crippen molar-refractivity contribution in [1.82, 2.24) is 0 Å². The van der Waals surface area contributed by atoms with Crippen LogP contribution in [0.1, 0.15) is 197 Å². The summed E-state index contributed by atoms with van der Waals surface area (Å²) in [5.41, 5.74) is 3.83. The molecule has 1 fully saturated rings. The van der Waals surface area contributed by atoms with Crippen molar-refractivity contribution in [1.29, 1.82) is 0 Å². The zero-order valence-corrected chi connectivity index (χ0v) is 44.2. The largest absolute Gasteiger partial charge is 0.463 e. The summed E-state index contributed by atoms with van der Waals surface area (Å²) in [4.78, 5) is 59.0. The number of nitrogens with two attached hydrogens (primary N) is 1. The van der Waals surface area contributed by atoms with Crippen molar-refractivity contribution in [2.45, 2.75) is 163 Å². The molecule has 2 aliphatic carbocycles. The first kappa shape index (κ1) is 61.8. The zero-order valence-electron chi connectivity index (χ0n) is 44.2. The van der Waals surface area contributed by atoms with Crippen molar-refractivity contribution in [3.8, 4) is 5.75 Å². The van der Waals surface area contributed by atoms with Crippen molar-refractivity contribution in [2.75, 3.05) is 19.8 Å². The SMILES string of the molecule is C=CC(=O)OCCCCCCC.C=CC(=O)OCCCCCCC1CC(c2ccc(OC(=O)c3ccc(/C=N/N)cc3C(=O)OCCC)cc2)C1.CC.CCCC1C=CC(OC(=O)c2ccc(C)cc2)CC1. The van der Waals surface area contributed by atoms with Crippen molar-refractivity contribution in [3.63, 3.8) is 0 Å². The van der Waals surface area contributed by atoms with Crippen LogP contribution in [0.15, 0.2) is 109 Å². The van der Waals surface area contributed by atoms with Gasteiger partial charge in [-0.05, 0) is 130 Å². The van der Waals surface area contributed by atoms with Gasteiger partial charge in [0.2, 0.25) is 0 Å². The number of allylic oxidation sites excluding steroid dienone is 1. The lowest BCUT2D eigenvalue weighted by atomic mass is 9.69. The Labute approximate surface area is 430 Å². The lowest BCUT2D eigenvalue weighted by molar-refractivity contribution is -0.138. The Balaban J connectivity index is 0.000000442. The van der Waals surface area contributed by atoms with Crippen LogP contribution in [0, 0.1) is 18.8 Å². The minimum Gasteiger partial charge on any atom is -0.463 e. The predicted molar refractivity (Wildman–Crippen MR) is 288 cm³/mol. The number of hydrogen-bond donors (Lipinski definition) is 1. The first-order valence-electron chi connectivity index (χ1n) is 26.4. The van der Waals surface area contributed by atoms with Crippen molar-refractivity contribution < 1.29 is 47.7 Å². The molecule has 2 aliphatic rings. The highest BCUT2D eigenvalue weighted by molar-refractivity contribution is 6.05. The molecule has 1 saturated carbocycles. The molecule has 0 aromatic heterocycles. The Hall–Kier alpha value is -6.30. The van der Waals surface area contributed by atoms with Crippen molar-refractivity contribution in [2.24, 2.45) is 22.8 Å². The molecule has 12 heteroatoms. The minimum absolute atomic E-state index is 0.0538. The number of esters is 5. The smallest absolute Gasteiger partial charge is 0.344 e. The van der Waals surface area contributed by atoms with Gasteiger partial charge in [-0.1, -0.05) is 148 Å². The van der Waals surface area contributed by atoms with E-state index in [1.807, 2.05) is 64.1 Å². The second-order valence-corrected chi connectivity index (χ2v) is 17.9. The Bertz CT molecular complexity index is 2120. The fourth-order valence-corrected chi connectivity index (χ4v) is 8.08. The number of hydrogen-bond acceptors (Lipinski definition) is 12. The van der Waals surface area contributed by atoms with E-state index >= 15 is 0 Å². The van der Waals surface area contributed by atoms with Crippen LogP contribution < -0.4 is 10.6 Å². The molecular weight excluding hydrogens is 909 g/mol. The molecule has 3 aromatic carbocycles. The van der Waals surface area contributed by atoms with E-state index < -0.39 is 11.9 Å². The van der Waals surface area contributed by atoms with Crippen LogP contribution >= 0.6 is 0 Å². The van der Waals surface area contributed by atoms with Gasteiger partial charge in [-0.15, -0.1) is 0 Å². The molecule has 0 radical (unpaired) electrons. The van der Waals surface area contributed by atoms with Crippen LogP contribution in [-0.4, -0.2) is 62.0 Å². The molecule has 394 valence electrons. The number of benzene rings is 3. The van der Waals surface area contributed by atoms with Gasteiger partial charge in [0, 0.05) is 12.2 Å². The summed E-state index contributed by atoms with van der Waals surface area (Å²) in [7, 11) is 0. The third-order valence-electron chi connectivity index (χ3n) is 12.1. The van der Waals surface area contributed by atoms with Crippen LogP contribution in [0.3, 0.4) is 0 Å². The van der Waals surface area contributed by atoms with Gasteiger partial charge in [-0.25, -0.2) is 24.0 Å². The summed E-state index contributed by atoms with van der Waals surface area (Å²) in [6.07, 6.45) is 26.9. The van der Waals surface area contributed by atoms with E-state index in [9.17, 15) is 24.0 Å². The first-order chi connectivity index (χ1) is 34.9. The van der Waals surface area contributed by atoms with Gasteiger partial charge in [0.1, 0.15) is 11.9 Å². The van der Waals surface area contributed by atoms with E-state index in [-0.39, 0.29) is 41.7 Å². The van der Waals surface area contributed by atoms with Gasteiger partial charge in [0.05, 0.1) is 42.7 Å². The zero-order chi connectivity index (χ0) is 52.9. The number of ether oxygens (including phenoxy) is 5. The summed E-state index contributed by atoms with van der Waals surface area (Å²) in [6.45, 7) is 20.2. The lowest BCUT2D eigenvalue weighted by Crippen LogP contribution is -2.21. The normalized spacial score (nSPS) is 16.4. The van der Waals surface area contributed by atoms with Crippen LogP contribution in [0.4, 0.5) is 0 Å². The summed E-state index contributed by atoms with van der Waals surface area (Å²) in [5, 5.41) is 3.48. The summed E-state index contributed by atoms with van der Waals surface area (Å²) in [5.74, 6) is 5.44. The average molecular weight is 993 g/mol. The Morgan fingerprint density at radius 3 is 1.82 bits per heavy atom. The Morgan fingerprint density at radius 2 is 1.26 bits per heavy atom. The average Bonchev–Trinajstić information content (AvgIpc) is 3.38. The number of carbonyl (C=O) groups excluding carboxylic acids is 5. The molecule has 2 N–H and O–H groups in total. The first-order valence-corrected chi connectivity index (χ1v) is 26.4. The molecule has 0 spiro atoms. The minimum atomic E-state index is -0.634. The fourth-order valence-electron chi connectivity index (χ4n) is 8.08. The van der Waals surface area contributed by atoms with Crippen LogP contribution in [0.2, 0.25) is 0 Å². The fraction of sp³-hybridized carbons (Fsp3) is 0.500. The highest BCUT2D eigenvalue weighted by Gasteiger charge is 2.30. The monoisotopic (exact) mass is 993 g/mol. The number of nitrogens with zero attached hydrogens (tertiary/aromatic N) is 1. The third kappa shape index (κ3) is 24.7. The van der Waals surface area contributed by atoms with Crippen LogP contribution in [0.5, 0.6) is 5.75 Å². The molecule has 0 aliphatic heterocycles. The standard InChI is InChI=1S/C31H38N2O6.C17H22O2.C10H18O2.C2H6/c1-3-16-38-30(35)28-20-23(21-33-32)10-15-27(28)31(36)39-26-13-11-24(12-14-26)25-18-22(19-25)9-7-5-6-8-17-37-29(34)4-2;1-3-4-14-7-11-16(12-8-14)19-17(18)15-9-5-13(2)6-10-15;1-3-5-6-7-8-9-12-10(11)4-2;1-2/h4,10-15,20-22,25H,2-3,5-9,16-19,32H2,1H3;5-7,9-11,14,16H,3-4,8,12H2,1-2H3;4H,2-3,5-9H2,1H3;1-2H3/b33-21+;;;. The molecule has 0 heterocycles. The molecule has 5 rings (SSSR count). The highest BCUT2D eigenvalue weighted by Crippen LogP contribution is 2.44. The van der Waals surface area contributed by atoms with Gasteiger partial charge < -0.3 is 29.5 Å².